The largest absolute Gasteiger partial charge is 0.386 e. The summed E-state index contributed by atoms with van der Waals surface area (Å²) in [6.45, 7) is 0. The van der Waals surface area contributed by atoms with Gasteiger partial charge in [-0.25, -0.2) is 0 Å². The van der Waals surface area contributed by atoms with Crippen LogP contribution in [-0.4, -0.2) is 18.7 Å². The number of benzene rings is 2. The summed E-state index contributed by atoms with van der Waals surface area (Å²) in [5.74, 6) is 0.202. The van der Waals surface area contributed by atoms with Gasteiger partial charge < -0.3 is 16.4 Å². The lowest BCUT2D eigenvalue weighted by molar-refractivity contribution is -0.125. The van der Waals surface area contributed by atoms with E-state index in [2.05, 4.69) is 16.7 Å². The molecule has 2 aromatic rings. The molecule has 0 spiro atoms. The van der Waals surface area contributed by atoms with Gasteiger partial charge in [0, 0.05) is 13.0 Å². The van der Waals surface area contributed by atoms with Crippen molar-refractivity contribution in [2.45, 2.75) is 50.0 Å². The van der Waals surface area contributed by atoms with Crippen molar-refractivity contribution in [1.29, 1.82) is 5.26 Å². The molecule has 6 nitrogen and oxygen atoms in total. The average Bonchev–Trinajstić information content (AvgIpc) is 3.43. The van der Waals surface area contributed by atoms with Crippen LogP contribution in [0.4, 0.5) is 11.4 Å². The highest BCUT2D eigenvalue weighted by Crippen LogP contribution is 2.53. The molecule has 0 radical (unpaired) electrons. The summed E-state index contributed by atoms with van der Waals surface area (Å²) in [4.78, 5) is 26.1. The number of ketones is 1. The Kier molecular flexibility index (Phi) is 5.79. The topological polar surface area (TPSA) is 108 Å². The maximum absolute atomic E-state index is 13.2. The molecule has 0 saturated heterocycles. The van der Waals surface area contributed by atoms with Crippen LogP contribution in [-0.2, 0) is 15.0 Å². The van der Waals surface area contributed by atoms with Gasteiger partial charge in [-0.05, 0) is 61.1 Å². The van der Waals surface area contributed by atoms with Gasteiger partial charge >= 0.3 is 0 Å². The van der Waals surface area contributed by atoms with Crippen molar-refractivity contribution in [2.24, 2.45) is 11.7 Å². The fraction of sp³-hybridized carbons (Fsp3) is 0.400. The number of rotatable bonds is 7. The molecule has 160 valence electrons. The van der Waals surface area contributed by atoms with Gasteiger partial charge in [0.05, 0.1) is 28.4 Å². The lowest BCUT2D eigenvalue weighted by Gasteiger charge is -2.21. The first-order valence-electron chi connectivity index (χ1n) is 10.9. The Morgan fingerprint density at radius 3 is 2.35 bits per heavy atom. The fourth-order valence-electron chi connectivity index (χ4n) is 4.67. The van der Waals surface area contributed by atoms with Crippen LogP contribution in [0.25, 0.3) is 0 Å². The van der Waals surface area contributed by atoms with E-state index in [-0.39, 0.29) is 11.8 Å². The molecule has 2 saturated carbocycles. The maximum Gasteiger partial charge on any atom is 0.245 e. The van der Waals surface area contributed by atoms with Crippen LogP contribution < -0.4 is 16.4 Å². The van der Waals surface area contributed by atoms with E-state index in [1.54, 1.807) is 31.3 Å². The number of hydrogen-bond donors (Lipinski definition) is 3. The number of hydrogen-bond acceptors (Lipinski definition) is 5. The molecule has 1 unspecified atom stereocenters. The second-order valence-corrected chi connectivity index (χ2v) is 8.64. The number of nitrogens with two attached hydrogens (primary N) is 1. The first kappa shape index (κ1) is 21.1. The molecule has 2 aliphatic rings. The van der Waals surface area contributed by atoms with Gasteiger partial charge in [0.1, 0.15) is 11.8 Å². The number of Topliss-reactive ketones (excluding diaryl/α,β-unsaturated/α-hetero) is 1. The van der Waals surface area contributed by atoms with Crippen LogP contribution >= 0.6 is 0 Å². The van der Waals surface area contributed by atoms with E-state index >= 15 is 0 Å². The molecule has 0 aromatic heterocycles. The van der Waals surface area contributed by atoms with Crippen LogP contribution in [0.2, 0.25) is 0 Å². The fourth-order valence-corrected chi connectivity index (χ4v) is 4.67. The van der Waals surface area contributed by atoms with E-state index in [1.807, 2.05) is 18.2 Å². The van der Waals surface area contributed by atoms with E-state index in [1.165, 1.54) is 0 Å². The number of nitrogens with one attached hydrogen (secondary N) is 2. The van der Waals surface area contributed by atoms with Crippen molar-refractivity contribution in [3.8, 4) is 6.07 Å². The third-order valence-electron chi connectivity index (χ3n) is 6.73. The standard InChI is InChI=1S/C25H28N4O2/c1-28-20-11-10-19(25(12-13-25)23(30)18-4-2-3-5-18)14-21(20)29-24(31)22(27)17-8-6-16(15-26)7-9-17/h6-11,14,18,22,28H,2-5,12-13,27H2,1H3,(H,29,31). The Hall–Kier alpha value is -3.17. The molecule has 1 amide bonds. The van der Waals surface area contributed by atoms with Gasteiger partial charge in [-0.15, -0.1) is 0 Å². The van der Waals surface area contributed by atoms with Crippen molar-refractivity contribution in [2.75, 3.05) is 17.7 Å². The van der Waals surface area contributed by atoms with E-state index in [0.717, 1.165) is 49.8 Å². The Balaban J connectivity index is 1.55. The second-order valence-electron chi connectivity index (χ2n) is 8.64. The van der Waals surface area contributed by atoms with Gasteiger partial charge in [-0.1, -0.05) is 31.0 Å². The van der Waals surface area contributed by atoms with Crippen molar-refractivity contribution in [3.63, 3.8) is 0 Å². The normalized spacial score (nSPS) is 18.1. The summed E-state index contributed by atoms with van der Waals surface area (Å²) < 4.78 is 0. The molecule has 4 N–H and O–H groups in total. The van der Waals surface area contributed by atoms with E-state index < -0.39 is 11.5 Å². The van der Waals surface area contributed by atoms with E-state index in [9.17, 15) is 9.59 Å². The van der Waals surface area contributed by atoms with Gasteiger partial charge in [0.25, 0.3) is 0 Å². The molecule has 6 heteroatoms. The van der Waals surface area contributed by atoms with Crippen LogP contribution in [0.3, 0.4) is 0 Å². The zero-order valence-electron chi connectivity index (χ0n) is 17.8. The third kappa shape index (κ3) is 4.06. The zero-order valence-corrected chi connectivity index (χ0v) is 17.8. The van der Waals surface area contributed by atoms with Gasteiger partial charge in [-0.3, -0.25) is 9.59 Å². The van der Waals surface area contributed by atoms with Gasteiger partial charge in [0.15, 0.2) is 0 Å². The molecule has 0 bridgehead atoms. The molecule has 1 atom stereocenters. The summed E-state index contributed by atoms with van der Waals surface area (Å²) in [6.07, 6.45) is 6.02. The van der Waals surface area contributed by atoms with Gasteiger partial charge in [-0.2, -0.15) is 5.26 Å². The lowest BCUT2D eigenvalue weighted by Crippen LogP contribution is -2.29. The minimum Gasteiger partial charge on any atom is -0.386 e. The highest BCUT2D eigenvalue weighted by atomic mass is 16.2. The second kappa shape index (κ2) is 8.52. The molecule has 0 heterocycles. The Bertz CT molecular complexity index is 1030. The molecule has 2 fully saturated rings. The smallest absolute Gasteiger partial charge is 0.245 e. The number of carbonyl (C=O) groups is 2. The first-order chi connectivity index (χ1) is 15.0. The van der Waals surface area contributed by atoms with Crippen LogP contribution in [0.5, 0.6) is 0 Å². The molecule has 4 rings (SSSR count). The average molecular weight is 417 g/mol. The van der Waals surface area contributed by atoms with Gasteiger partial charge in [0.2, 0.25) is 5.91 Å². The quantitative estimate of drug-likeness (QED) is 0.631. The van der Waals surface area contributed by atoms with E-state index in [0.29, 0.717) is 22.6 Å². The minimum absolute atomic E-state index is 0.175. The first-order valence-corrected chi connectivity index (χ1v) is 10.9. The Morgan fingerprint density at radius 2 is 1.77 bits per heavy atom. The minimum atomic E-state index is -0.865. The third-order valence-corrected chi connectivity index (χ3v) is 6.73. The molecule has 31 heavy (non-hydrogen) atoms. The van der Waals surface area contributed by atoms with Crippen molar-refractivity contribution in [3.05, 3.63) is 59.2 Å². The number of amides is 1. The Morgan fingerprint density at radius 1 is 1.10 bits per heavy atom. The highest BCUT2D eigenvalue weighted by Gasteiger charge is 2.53. The summed E-state index contributed by atoms with van der Waals surface area (Å²) in [6, 6.07) is 13.7. The summed E-state index contributed by atoms with van der Waals surface area (Å²) in [7, 11) is 1.79. The van der Waals surface area contributed by atoms with Crippen LogP contribution in [0.15, 0.2) is 42.5 Å². The van der Waals surface area contributed by atoms with Crippen LogP contribution in [0.1, 0.15) is 61.3 Å². The van der Waals surface area contributed by atoms with Crippen molar-refractivity contribution in [1.82, 2.24) is 0 Å². The number of anilines is 2. The molecule has 2 aliphatic carbocycles. The zero-order chi connectivity index (χ0) is 22.0. The summed E-state index contributed by atoms with van der Waals surface area (Å²) in [5.41, 5.74) is 9.30. The Labute approximate surface area is 182 Å². The lowest BCUT2D eigenvalue weighted by atomic mass is 9.83. The van der Waals surface area contributed by atoms with Crippen LogP contribution in [0, 0.1) is 17.2 Å². The predicted molar refractivity (Wildman–Crippen MR) is 121 cm³/mol. The SMILES string of the molecule is CNc1ccc(C2(C(=O)C3CCCC3)CC2)cc1NC(=O)C(N)c1ccc(C#N)cc1. The maximum atomic E-state index is 13.2. The number of nitrogens with zero attached hydrogens (tertiary/aromatic N) is 1. The monoisotopic (exact) mass is 416 g/mol. The predicted octanol–water partition coefficient (Wildman–Crippen LogP) is 4.03. The number of carbonyl (C=O) groups excluding carboxylic acids is 2. The number of nitriles is 1. The van der Waals surface area contributed by atoms with Crippen molar-refractivity contribution >= 4 is 23.1 Å². The summed E-state index contributed by atoms with van der Waals surface area (Å²) in [5, 5.41) is 15.0. The highest BCUT2D eigenvalue weighted by molar-refractivity contribution is 5.99. The molecule has 2 aromatic carbocycles. The van der Waals surface area contributed by atoms with E-state index in [4.69, 9.17) is 11.0 Å². The molecular formula is C25H28N4O2. The summed E-state index contributed by atoms with van der Waals surface area (Å²) >= 11 is 0. The molecule has 0 aliphatic heterocycles. The van der Waals surface area contributed by atoms with Crippen molar-refractivity contribution < 1.29 is 9.59 Å². The molecular weight excluding hydrogens is 388 g/mol.